The van der Waals surface area contributed by atoms with Crippen molar-refractivity contribution in [2.45, 2.75) is 13.2 Å². The molecule has 7 heteroatoms. The van der Waals surface area contributed by atoms with Gasteiger partial charge in [-0.2, -0.15) is 0 Å². The molecule has 0 atom stereocenters. The highest BCUT2D eigenvalue weighted by Crippen LogP contribution is 2.38. The molecule has 5 aromatic rings. The van der Waals surface area contributed by atoms with Gasteiger partial charge in [-0.1, -0.05) is 78.3 Å². The van der Waals surface area contributed by atoms with Crippen LogP contribution in [0.25, 0.3) is 10.9 Å². The Bertz CT molecular complexity index is 1450. The van der Waals surface area contributed by atoms with Crippen LogP contribution in [0.15, 0.2) is 97.3 Å². The summed E-state index contributed by atoms with van der Waals surface area (Å²) in [5.41, 5.74) is 2.58. The molecule has 0 N–H and O–H groups in total. The summed E-state index contributed by atoms with van der Waals surface area (Å²) in [5, 5.41) is 0.506. The van der Waals surface area contributed by atoms with Crippen LogP contribution in [0, 0.1) is 5.82 Å². The second-order valence-electron chi connectivity index (χ2n) is 7.70. The summed E-state index contributed by atoms with van der Waals surface area (Å²) < 4.78 is 32.5. The van der Waals surface area contributed by atoms with Crippen molar-refractivity contribution in [2.75, 3.05) is 0 Å². The van der Waals surface area contributed by atoms with Gasteiger partial charge in [-0.25, -0.2) is 14.4 Å². The molecule has 0 amide bonds. The third-order valence-corrected chi connectivity index (χ3v) is 5.55. The maximum absolute atomic E-state index is 14.5. The van der Waals surface area contributed by atoms with Crippen molar-refractivity contribution in [1.29, 1.82) is 0 Å². The first-order chi connectivity index (χ1) is 17.2. The first-order valence-electron chi connectivity index (χ1n) is 10.9. The van der Waals surface area contributed by atoms with Gasteiger partial charge < -0.3 is 14.2 Å². The molecule has 4 aromatic carbocycles. The molecular weight excluding hydrogens is 467 g/mol. The summed E-state index contributed by atoms with van der Waals surface area (Å²) in [5.74, 6) is 0.493. The normalized spacial score (nSPS) is 10.8. The van der Waals surface area contributed by atoms with E-state index in [4.69, 9.17) is 25.8 Å². The summed E-state index contributed by atoms with van der Waals surface area (Å²) in [6.07, 6.45) is 1.35. The number of fused-ring (bicyclic) bond motifs is 1. The van der Waals surface area contributed by atoms with Gasteiger partial charge in [-0.3, -0.25) is 0 Å². The molecule has 0 aliphatic rings. The Morgan fingerprint density at radius 2 is 1.31 bits per heavy atom. The van der Waals surface area contributed by atoms with Crippen LogP contribution in [0.1, 0.15) is 11.1 Å². The quantitative estimate of drug-likeness (QED) is 0.229. The van der Waals surface area contributed by atoms with Crippen molar-refractivity contribution < 1.29 is 18.6 Å². The molecule has 5 nitrogen and oxygen atoms in total. The molecule has 0 saturated heterocycles. The fourth-order valence-corrected chi connectivity index (χ4v) is 3.65. The monoisotopic (exact) mass is 486 g/mol. The molecule has 174 valence electrons. The van der Waals surface area contributed by atoms with Crippen molar-refractivity contribution in [3.05, 3.63) is 119 Å². The Hall–Kier alpha value is -4.16. The third-order valence-electron chi connectivity index (χ3n) is 5.26. The number of nitrogens with zero attached hydrogens (tertiary/aromatic N) is 2. The molecule has 0 aliphatic heterocycles. The first-order valence-corrected chi connectivity index (χ1v) is 11.3. The fraction of sp³-hybridized carbons (Fsp3) is 0.0714. The summed E-state index contributed by atoms with van der Waals surface area (Å²) in [7, 11) is 0. The molecule has 1 aromatic heterocycles. The van der Waals surface area contributed by atoms with Crippen molar-refractivity contribution in [3.8, 4) is 23.1 Å². The van der Waals surface area contributed by atoms with Gasteiger partial charge in [0.2, 0.25) is 5.88 Å². The number of rotatable bonds is 8. The average molecular weight is 487 g/mol. The average Bonchev–Trinajstić information content (AvgIpc) is 2.90. The molecular formula is C28H20ClFN2O3. The largest absolute Gasteiger partial charge is 0.485 e. The number of halogens is 2. The maximum Gasteiger partial charge on any atom is 0.230 e. The number of benzene rings is 4. The van der Waals surface area contributed by atoms with Gasteiger partial charge in [0.15, 0.2) is 23.1 Å². The van der Waals surface area contributed by atoms with E-state index in [0.717, 1.165) is 11.1 Å². The Balaban J connectivity index is 1.51. The predicted molar refractivity (Wildman–Crippen MR) is 133 cm³/mol. The number of hydrogen-bond acceptors (Lipinski definition) is 5. The summed E-state index contributed by atoms with van der Waals surface area (Å²) in [6, 6.07) is 27.7. The molecule has 0 radical (unpaired) electrons. The maximum atomic E-state index is 14.5. The number of hydrogen-bond donors (Lipinski definition) is 0. The zero-order valence-corrected chi connectivity index (χ0v) is 19.3. The van der Waals surface area contributed by atoms with E-state index in [0.29, 0.717) is 35.6 Å². The van der Waals surface area contributed by atoms with Crippen molar-refractivity contribution in [2.24, 2.45) is 0 Å². The minimum atomic E-state index is -0.663. The van der Waals surface area contributed by atoms with Crippen LogP contribution in [0.2, 0.25) is 5.02 Å². The highest BCUT2D eigenvalue weighted by molar-refractivity contribution is 6.30. The van der Waals surface area contributed by atoms with Gasteiger partial charge in [0.25, 0.3) is 0 Å². The lowest BCUT2D eigenvalue weighted by Crippen LogP contribution is -2.02. The molecule has 0 unspecified atom stereocenters. The molecule has 0 bridgehead atoms. The van der Waals surface area contributed by atoms with Crippen LogP contribution in [-0.4, -0.2) is 9.97 Å². The summed E-state index contributed by atoms with van der Waals surface area (Å²) >= 11 is 5.90. The summed E-state index contributed by atoms with van der Waals surface area (Å²) in [6.45, 7) is 0.692. The highest BCUT2D eigenvalue weighted by atomic mass is 35.5. The van der Waals surface area contributed by atoms with E-state index >= 15 is 0 Å². The lowest BCUT2D eigenvalue weighted by atomic mass is 10.2. The lowest BCUT2D eigenvalue weighted by Gasteiger charge is -2.15. The van der Waals surface area contributed by atoms with Crippen LogP contribution in [0.3, 0.4) is 0 Å². The van der Waals surface area contributed by atoms with E-state index in [2.05, 4.69) is 9.97 Å². The minimum absolute atomic E-state index is 0.0336. The van der Waals surface area contributed by atoms with Gasteiger partial charge in [-0.05, 0) is 29.3 Å². The van der Waals surface area contributed by atoms with Crippen molar-refractivity contribution in [3.63, 3.8) is 0 Å². The van der Waals surface area contributed by atoms with E-state index in [1.54, 1.807) is 18.2 Å². The van der Waals surface area contributed by atoms with Gasteiger partial charge in [-0.15, -0.1) is 0 Å². The van der Waals surface area contributed by atoms with Crippen LogP contribution >= 0.6 is 11.6 Å². The smallest absolute Gasteiger partial charge is 0.230 e. The van der Waals surface area contributed by atoms with Gasteiger partial charge >= 0.3 is 0 Å². The molecule has 5 rings (SSSR count). The predicted octanol–water partition coefficient (Wildman–Crippen LogP) is 7.37. The Morgan fingerprint density at radius 1 is 0.686 bits per heavy atom. The van der Waals surface area contributed by atoms with Crippen LogP contribution < -0.4 is 14.2 Å². The molecule has 0 fully saturated rings. The van der Waals surface area contributed by atoms with Crippen LogP contribution in [-0.2, 0) is 13.2 Å². The second kappa shape index (κ2) is 10.4. The van der Waals surface area contributed by atoms with E-state index in [9.17, 15) is 4.39 Å². The van der Waals surface area contributed by atoms with Crippen molar-refractivity contribution >= 4 is 22.5 Å². The van der Waals surface area contributed by atoms with Crippen LogP contribution in [0.4, 0.5) is 4.39 Å². The van der Waals surface area contributed by atoms with E-state index in [-0.39, 0.29) is 16.7 Å². The summed E-state index contributed by atoms with van der Waals surface area (Å²) in [4.78, 5) is 8.57. The molecule has 0 saturated carbocycles. The Labute approximate surface area is 206 Å². The van der Waals surface area contributed by atoms with Gasteiger partial charge in [0.05, 0.1) is 15.9 Å². The topological polar surface area (TPSA) is 53.5 Å². The molecule has 1 heterocycles. The number of aromatic nitrogens is 2. The van der Waals surface area contributed by atoms with Gasteiger partial charge in [0.1, 0.15) is 19.5 Å². The molecule has 0 spiro atoms. The highest BCUT2D eigenvalue weighted by Gasteiger charge is 2.16. The van der Waals surface area contributed by atoms with E-state index in [1.807, 2.05) is 60.7 Å². The standard InChI is InChI=1S/C28H20ClFN2O3/c29-22-12-7-13-24(27(22)30)35-28-21-14-25(33-16-19-8-3-1-4-9-19)26(15-23(21)31-18-32-28)34-17-20-10-5-2-6-11-20/h1-15,18H,16-17H2. The van der Waals surface area contributed by atoms with Gasteiger partial charge in [0, 0.05) is 6.07 Å². The molecule has 0 aliphatic carbocycles. The lowest BCUT2D eigenvalue weighted by molar-refractivity contribution is 0.256. The van der Waals surface area contributed by atoms with Crippen LogP contribution in [0.5, 0.6) is 23.1 Å². The zero-order valence-electron chi connectivity index (χ0n) is 18.5. The second-order valence-corrected chi connectivity index (χ2v) is 8.10. The first kappa shape index (κ1) is 22.6. The fourth-order valence-electron chi connectivity index (χ4n) is 3.48. The number of ether oxygens (including phenoxy) is 3. The Morgan fingerprint density at radius 3 is 1.97 bits per heavy atom. The minimum Gasteiger partial charge on any atom is -0.485 e. The molecule has 35 heavy (non-hydrogen) atoms. The van der Waals surface area contributed by atoms with E-state index < -0.39 is 5.82 Å². The zero-order chi connectivity index (χ0) is 24.0. The van der Waals surface area contributed by atoms with Crippen molar-refractivity contribution in [1.82, 2.24) is 9.97 Å². The Kier molecular flexibility index (Phi) is 6.73. The third kappa shape index (κ3) is 5.34. The SMILES string of the molecule is Fc1c(Cl)cccc1Oc1ncnc2cc(OCc3ccccc3)c(OCc3ccccc3)cc12. The van der Waals surface area contributed by atoms with E-state index in [1.165, 1.54) is 18.5 Å².